The second-order valence-corrected chi connectivity index (χ2v) is 5.67. The Bertz CT molecular complexity index is 762. The minimum absolute atomic E-state index is 0. The number of nitrogens with zero attached hydrogens (tertiary/aromatic N) is 1. The molecule has 0 amide bonds. The molecule has 2 rings (SSSR count). The average Bonchev–Trinajstić information content (AvgIpc) is 2.48. The third kappa shape index (κ3) is 4.21. The molecule has 0 N–H and O–H groups in total. The molecule has 0 bridgehead atoms. The number of pyridine rings is 1. The van der Waals surface area contributed by atoms with Gasteiger partial charge in [0.25, 0.3) is 0 Å². The second-order valence-electron chi connectivity index (χ2n) is 4.50. The molecule has 0 unspecified atom stereocenters. The third-order valence-electron chi connectivity index (χ3n) is 3.15. The molecular weight excluding hydrogens is 466 g/mol. The smallest absolute Gasteiger partial charge is 0.207 e. The van der Waals surface area contributed by atoms with Crippen LogP contribution in [0.1, 0.15) is 12.5 Å². The summed E-state index contributed by atoms with van der Waals surface area (Å²) in [5.74, 6) is 3.17. The van der Waals surface area contributed by atoms with E-state index in [2.05, 4.69) is 12.0 Å². The number of rotatable bonds is 4. The van der Waals surface area contributed by atoms with E-state index in [1.165, 1.54) is 0 Å². The number of halogens is 1. The van der Waals surface area contributed by atoms with Gasteiger partial charge in [-0.1, -0.05) is 29.7 Å². The first-order valence-corrected chi connectivity index (χ1v) is 7.64. The summed E-state index contributed by atoms with van der Waals surface area (Å²) in [5, 5.41) is 0. The maximum Gasteiger partial charge on any atom is 0.207 e. The van der Waals surface area contributed by atoms with E-state index in [4.69, 9.17) is 11.2 Å². The number of benzene rings is 1. The fourth-order valence-electron chi connectivity index (χ4n) is 2.14. The van der Waals surface area contributed by atoms with Gasteiger partial charge in [-0.05, 0) is 22.6 Å². The van der Waals surface area contributed by atoms with Crippen molar-refractivity contribution in [1.82, 2.24) is 4.57 Å². The van der Waals surface area contributed by atoms with Gasteiger partial charge in [0.15, 0.2) is 0 Å². The number of ether oxygens (including phenoxy) is 1. The Morgan fingerprint density at radius 3 is 2.77 bits per heavy atom. The molecule has 0 fully saturated rings. The maximum atomic E-state index is 12.2. The Kier molecular flexibility index (Phi) is 7.81. The molecule has 0 atom stereocenters. The van der Waals surface area contributed by atoms with Crippen LogP contribution in [-0.4, -0.2) is 11.2 Å². The van der Waals surface area contributed by atoms with Gasteiger partial charge in [-0.3, -0.25) is 4.79 Å². The van der Waals surface area contributed by atoms with E-state index >= 15 is 0 Å². The van der Waals surface area contributed by atoms with Crippen LogP contribution in [0.25, 0.3) is 11.3 Å². The second kappa shape index (κ2) is 8.86. The first-order valence-electron chi connectivity index (χ1n) is 6.56. The molecule has 0 saturated carbocycles. The summed E-state index contributed by atoms with van der Waals surface area (Å²) in [6, 6.07) is 10.6. The first-order chi connectivity index (χ1) is 10.1. The van der Waals surface area contributed by atoms with Crippen molar-refractivity contribution < 1.29 is 37.4 Å². The summed E-state index contributed by atoms with van der Waals surface area (Å²) in [6.45, 7) is 4.79. The Balaban J connectivity index is 0.00000242. The summed E-state index contributed by atoms with van der Waals surface area (Å²) in [4.78, 5) is 12.2. The molecule has 0 aliphatic heterocycles. The molecule has 0 aliphatic rings. The van der Waals surface area contributed by atoms with Crippen LogP contribution in [-0.2, 0) is 39.3 Å². The molecule has 111 valence electrons. The van der Waals surface area contributed by atoms with Crippen LogP contribution >= 0.6 is 22.6 Å². The Labute approximate surface area is 169 Å². The van der Waals surface area contributed by atoms with E-state index in [9.17, 15) is 4.79 Å². The van der Waals surface area contributed by atoms with Crippen LogP contribution in [0.5, 0.6) is 5.75 Å². The van der Waals surface area contributed by atoms with E-state index in [0.29, 0.717) is 10.1 Å². The van der Waals surface area contributed by atoms with Gasteiger partial charge in [-0.15, -0.1) is 35.1 Å². The molecule has 1 aromatic carbocycles. The van der Waals surface area contributed by atoms with Crippen molar-refractivity contribution in [3.63, 3.8) is 0 Å². The molecule has 3 nitrogen and oxygen atoms in total. The van der Waals surface area contributed by atoms with E-state index in [-0.39, 0.29) is 44.9 Å². The van der Waals surface area contributed by atoms with Gasteiger partial charge in [-0.25, -0.2) is 0 Å². The average molecular weight is 481 g/mol. The molecule has 0 aliphatic carbocycles. The maximum absolute atomic E-state index is 12.2. The van der Waals surface area contributed by atoms with Gasteiger partial charge < -0.3 is 9.30 Å². The molecule has 22 heavy (non-hydrogen) atoms. The number of terminal acetylenes is 1. The molecule has 1 heterocycles. The standard InChI is InChI=1S/C17H15INO2.Y/c1-4-10-21-13-6-7-14(12(3)11-13)16-9-8-15(18)17(20)19(16)5-2;/h1,6-8,11H,5,10H2,2-3H3;/q-1;. The van der Waals surface area contributed by atoms with Gasteiger partial charge in [-0.2, -0.15) is 12.1 Å². The fraction of sp³-hybridized carbons (Fsp3) is 0.235. The molecule has 1 aromatic heterocycles. The first kappa shape index (κ1) is 19.4. The fourth-order valence-corrected chi connectivity index (χ4v) is 2.59. The summed E-state index contributed by atoms with van der Waals surface area (Å²) in [5.41, 5.74) is 2.80. The van der Waals surface area contributed by atoms with Crippen LogP contribution in [0, 0.1) is 28.9 Å². The van der Waals surface area contributed by atoms with E-state index in [1.54, 1.807) is 10.6 Å². The minimum Gasteiger partial charge on any atom is -0.481 e. The van der Waals surface area contributed by atoms with Crippen molar-refractivity contribution in [2.75, 3.05) is 6.61 Å². The van der Waals surface area contributed by atoms with Crippen molar-refractivity contribution >= 4 is 22.6 Å². The van der Waals surface area contributed by atoms with Crippen molar-refractivity contribution in [2.45, 2.75) is 20.4 Å². The zero-order valence-electron chi connectivity index (χ0n) is 12.5. The largest absolute Gasteiger partial charge is 0.481 e. The quantitative estimate of drug-likeness (QED) is 0.382. The SMILES string of the molecule is C#CCOc1ccc(-c2[c-]cc(I)c(=O)n2CC)c(C)c1.[Y]. The van der Waals surface area contributed by atoms with Crippen LogP contribution in [0.4, 0.5) is 0 Å². The van der Waals surface area contributed by atoms with Gasteiger partial charge in [0, 0.05) is 39.3 Å². The monoisotopic (exact) mass is 481 g/mol. The number of hydrogen-bond donors (Lipinski definition) is 0. The molecular formula is C17H15INO2Y-. The molecule has 5 heteroatoms. The van der Waals surface area contributed by atoms with E-state index in [1.807, 2.05) is 54.6 Å². The topological polar surface area (TPSA) is 31.2 Å². The number of aryl methyl sites for hydroxylation is 1. The zero-order valence-corrected chi connectivity index (χ0v) is 17.5. The van der Waals surface area contributed by atoms with Crippen LogP contribution in [0.2, 0.25) is 0 Å². The van der Waals surface area contributed by atoms with Crippen LogP contribution in [0.15, 0.2) is 29.1 Å². The van der Waals surface area contributed by atoms with E-state index in [0.717, 1.165) is 22.6 Å². The summed E-state index contributed by atoms with van der Waals surface area (Å²) < 4.78 is 7.81. The van der Waals surface area contributed by atoms with Gasteiger partial charge in [0.2, 0.25) is 5.56 Å². The predicted octanol–water partition coefficient (Wildman–Crippen LogP) is 3.26. The van der Waals surface area contributed by atoms with Gasteiger partial charge in [0.05, 0.1) is 0 Å². The molecule has 1 radical (unpaired) electrons. The summed E-state index contributed by atoms with van der Waals surface area (Å²) in [7, 11) is 0. The molecule has 2 aromatic rings. The zero-order chi connectivity index (χ0) is 15.4. The minimum atomic E-state index is 0. The van der Waals surface area contributed by atoms with Gasteiger partial charge >= 0.3 is 0 Å². The normalized spacial score (nSPS) is 9.73. The molecule has 0 saturated heterocycles. The van der Waals surface area contributed by atoms with Crippen molar-refractivity contribution in [2.24, 2.45) is 0 Å². The Morgan fingerprint density at radius 2 is 2.18 bits per heavy atom. The Hall–Kier alpha value is -0.636. The predicted molar refractivity (Wildman–Crippen MR) is 92.4 cm³/mol. The van der Waals surface area contributed by atoms with E-state index < -0.39 is 0 Å². The number of aromatic nitrogens is 1. The van der Waals surface area contributed by atoms with Crippen molar-refractivity contribution in [1.29, 1.82) is 0 Å². The van der Waals surface area contributed by atoms with Crippen molar-refractivity contribution in [3.05, 3.63) is 49.8 Å². The third-order valence-corrected chi connectivity index (χ3v) is 3.92. The van der Waals surface area contributed by atoms with Gasteiger partial charge in [0.1, 0.15) is 12.4 Å². The summed E-state index contributed by atoms with van der Waals surface area (Å²) >= 11 is 2.04. The number of hydrogen-bond acceptors (Lipinski definition) is 2. The Morgan fingerprint density at radius 1 is 1.45 bits per heavy atom. The summed E-state index contributed by atoms with van der Waals surface area (Å²) in [6.07, 6.45) is 5.19. The molecule has 0 spiro atoms. The van der Waals surface area contributed by atoms with Crippen LogP contribution in [0.3, 0.4) is 0 Å². The van der Waals surface area contributed by atoms with Crippen LogP contribution < -0.4 is 10.3 Å². The van der Waals surface area contributed by atoms with Crippen molar-refractivity contribution in [3.8, 4) is 29.4 Å².